The molecule has 1 aromatic carbocycles. The number of aryl methyl sites for hydroxylation is 1. The Kier molecular flexibility index (Phi) is 2.36. The molecule has 0 aromatic heterocycles. The largest absolute Gasteiger partial charge is 0.508 e. The highest BCUT2D eigenvalue weighted by Gasteiger charge is 2.44. The topological polar surface area (TPSA) is 20.2 Å². The summed E-state index contributed by atoms with van der Waals surface area (Å²) >= 11 is 0. The fourth-order valence-electron chi connectivity index (χ4n) is 4.89. The lowest BCUT2D eigenvalue weighted by Gasteiger charge is -2.42. The Morgan fingerprint density at radius 3 is 2.95 bits per heavy atom. The molecule has 0 bridgehead atoms. The first kappa shape index (κ1) is 11.6. The third-order valence-electron chi connectivity index (χ3n) is 5.91. The number of hydrogen-bond donors (Lipinski definition) is 1. The molecular weight excluding hydrogens is 232 g/mol. The average Bonchev–Trinajstić information content (AvgIpc) is 2.79. The minimum Gasteiger partial charge on any atom is -0.508 e. The van der Waals surface area contributed by atoms with E-state index in [1.165, 1.54) is 49.7 Å². The molecule has 1 aromatic rings. The number of phenols is 1. The standard InChI is InChI=1S/C18H22O/c1-18-9-2-3-17(18)16-6-4-12-11-13(19)5-7-14(12)15(16)8-10-18/h5,7,11,17,19H,2-4,6,8-10H2,1H3/t17-,18-/m0/s1. The molecule has 1 nitrogen and oxygen atoms in total. The van der Waals surface area contributed by atoms with Crippen molar-refractivity contribution < 1.29 is 5.11 Å². The Morgan fingerprint density at radius 1 is 1.16 bits per heavy atom. The van der Waals surface area contributed by atoms with E-state index >= 15 is 0 Å². The Balaban J connectivity index is 1.84. The van der Waals surface area contributed by atoms with Crippen molar-refractivity contribution in [1.29, 1.82) is 0 Å². The van der Waals surface area contributed by atoms with Gasteiger partial charge in [-0.3, -0.25) is 0 Å². The number of allylic oxidation sites excluding steroid dienone is 2. The Hall–Kier alpha value is -1.24. The van der Waals surface area contributed by atoms with E-state index in [2.05, 4.69) is 13.0 Å². The minimum atomic E-state index is 0.421. The summed E-state index contributed by atoms with van der Waals surface area (Å²) in [7, 11) is 0. The molecular formula is C18H22O. The molecule has 1 heteroatoms. The van der Waals surface area contributed by atoms with E-state index in [9.17, 15) is 5.11 Å². The van der Waals surface area contributed by atoms with Gasteiger partial charge in [-0.1, -0.05) is 25.0 Å². The lowest BCUT2D eigenvalue weighted by Crippen LogP contribution is -2.29. The maximum Gasteiger partial charge on any atom is 0.115 e. The zero-order chi connectivity index (χ0) is 13.0. The van der Waals surface area contributed by atoms with Crippen LogP contribution in [0.25, 0.3) is 5.57 Å². The van der Waals surface area contributed by atoms with E-state index in [-0.39, 0.29) is 0 Å². The molecule has 0 aliphatic heterocycles. The highest BCUT2D eigenvalue weighted by atomic mass is 16.3. The summed E-state index contributed by atoms with van der Waals surface area (Å²) in [5.41, 5.74) is 6.79. The van der Waals surface area contributed by atoms with Gasteiger partial charge in [-0.05, 0) is 78.7 Å². The van der Waals surface area contributed by atoms with Crippen LogP contribution in [0.2, 0.25) is 0 Å². The van der Waals surface area contributed by atoms with Gasteiger partial charge in [-0.25, -0.2) is 0 Å². The van der Waals surface area contributed by atoms with Crippen LogP contribution in [0.15, 0.2) is 23.8 Å². The van der Waals surface area contributed by atoms with Gasteiger partial charge in [0.15, 0.2) is 0 Å². The third kappa shape index (κ3) is 1.60. The molecule has 1 N–H and O–H groups in total. The highest BCUT2D eigenvalue weighted by molar-refractivity contribution is 5.75. The van der Waals surface area contributed by atoms with Gasteiger partial charge in [-0.15, -0.1) is 0 Å². The van der Waals surface area contributed by atoms with Gasteiger partial charge < -0.3 is 5.11 Å². The van der Waals surface area contributed by atoms with Gasteiger partial charge in [0.05, 0.1) is 0 Å². The fraction of sp³-hybridized carbons (Fsp3) is 0.556. The molecule has 0 spiro atoms. The number of phenolic OH excluding ortho intramolecular Hbond substituents is 1. The highest BCUT2D eigenvalue weighted by Crippen LogP contribution is 2.57. The summed E-state index contributed by atoms with van der Waals surface area (Å²) in [6.07, 6.45) is 9.21. The van der Waals surface area contributed by atoms with Crippen LogP contribution >= 0.6 is 0 Å². The zero-order valence-electron chi connectivity index (χ0n) is 11.7. The molecule has 0 unspecified atom stereocenters. The molecule has 1 fully saturated rings. The smallest absolute Gasteiger partial charge is 0.115 e. The number of fused-ring (bicyclic) bond motifs is 4. The predicted molar refractivity (Wildman–Crippen MR) is 78.0 cm³/mol. The van der Waals surface area contributed by atoms with Gasteiger partial charge in [0.1, 0.15) is 5.75 Å². The molecule has 3 aliphatic carbocycles. The predicted octanol–water partition coefficient (Wildman–Crippen LogP) is 4.69. The molecule has 3 aliphatic rings. The third-order valence-corrected chi connectivity index (χ3v) is 5.91. The zero-order valence-corrected chi connectivity index (χ0v) is 11.7. The molecule has 0 radical (unpaired) electrons. The second-order valence-corrected chi connectivity index (χ2v) is 6.94. The van der Waals surface area contributed by atoms with Crippen molar-refractivity contribution in [3.63, 3.8) is 0 Å². The van der Waals surface area contributed by atoms with E-state index in [1.807, 2.05) is 12.1 Å². The summed E-state index contributed by atoms with van der Waals surface area (Å²) in [6, 6.07) is 5.98. The number of benzene rings is 1. The number of hydrogen-bond acceptors (Lipinski definition) is 1. The molecule has 2 atom stereocenters. The summed E-state index contributed by atoms with van der Waals surface area (Å²) < 4.78 is 0. The molecule has 1 saturated carbocycles. The van der Waals surface area contributed by atoms with Crippen LogP contribution in [0.1, 0.15) is 56.6 Å². The second-order valence-electron chi connectivity index (χ2n) is 6.94. The van der Waals surface area contributed by atoms with Gasteiger partial charge in [0.2, 0.25) is 0 Å². The van der Waals surface area contributed by atoms with E-state index in [4.69, 9.17) is 0 Å². The quantitative estimate of drug-likeness (QED) is 0.712. The van der Waals surface area contributed by atoms with Crippen molar-refractivity contribution in [2.24, 2.45) is 11.3 Å². The first-order chi connectivity index (χ1) is 9.17. The normalized spacial score (nSPS) is 32.8. The Morgan fingerprint density at radius 2 is 2.05 bits per heavy atom. The fourth-order valence-corrected chi connectivity index (χ4v) is 4.89. The average molecular weight is 254 g/mol. The van der Waals surface area contributed by atoms with Crippen LogP contribution in [0, 0.1) is 11.3 Å². The number of aromatic hydroxyl groups is 1. The van der Waals surface area contributed by atoms with Crippen LogP contribution < -0.4 is 0 Å². The lowest BCUT2D eigenvalue weighted by molar-refractivity contribution is 0.226. The van der Waals surface area contributed by atoms with Crippen molar-refractivity contribution >= 4 is 5.57 Å². The van der Waals surface area contributed by atoms with Crippen molar-refractivity contribution in [2.45, 2.75) is 51.9 Å². The van der Waals surface area contributed by atoms with Crippen LogP contribution in [0.4, 0.5) is 0 Å². The first-order valence-corrected chi connectivity index (χ1v) is 7.72. The van der Waals surface area contributed by atoms with Crippen LogP contribution in [-0.2, 0) is 6.42 Å². The van der Waals surface area contributed by atoms with Crippen molar-refractivity contribution in [3.8, 4) is 5.75 Å². The second kappa shape index (κ2) is 3.88. The van der Waals surface area contributed by atoms with Gasteiger partial charge in [0.25, 0.3) is 0 Å². The maximum atomic E-state index is 9.66. The SMILES string of the molecule is C[C@@]12CCC[C@H]1C1=C(CC2)c2ccc(O)cc2CC1. The van der Waals surface area contributed by atoms with E-state index < -0.39 is 0 Å². The lowest BCUT2D eigenvalue weighted by atomic mass is 9.63. The summed E-state index contributed by atoms with van der Waals surface area (Å²) in [5, 5.41) is 9.66. The molecule has 4 rings (SSSR count). The van der Waals surface area contributed by atoms with E-state index in [1.54, 1.807) is 11.1 Å². The summed E-state index contributed by atoms with van der Waals surface area (Å²) in [5.74, 6) is 1.27. The Labute approximate surface area is 115 Å². The van der Waals surface area contributed by atoms with Gasteiger partial charge >= 0.3 is 0 Å². The van der Waals surface area contributed by atoms with Gasteiger partial charge in [0, 0.05) is 0 Å². The van der Waals surface area contributed by atoms with Crippen LogP contribution in [0.5, 0.6) is 5.75 Å². The monoisotopic (exact) mass is 254 g/mol. The first-order valence-electron chi connectivity index (χ1n) is 7.72. The maximum absolute atomic E-state index is 9.66. The van der Waals surface area contributed by atoms with E-state index in [0.29, 0.717) is 11.2 Å². The molecule has 0 saturated heterocycles. The van der Waals surface area contributed by atoms with Crippen LogP contribution in [0.3, 0.4) is 0 Å². The summed E-state index contributed by atoms with van der Waals surface area (Å²) in [6.45, 7) is 2.51. The molecule has 100 valence electrons. The van der Waals surface area contributed by atoms with E-state index in [0.717, 1.165) is 12.3 Å². The van der Waals surface area contributed by atoms with Crippen molar-refractivity contribution in [2.75, 3.05) is 0 Å². The summed E-state index contributed by atoms with van der Waals surface area (Å²) in [4.78, 5) is 0. The van der Waals surface area contributed by atoms with Gasteiger partial charge in [-0.2, -0.15) is 0 Å². The molecule has 0 amide bonds. The van der Waals surface area contributed by atoms with Crippen LogP contribution in [-0.4, -0.2) is 5.11 Å². The Bertz CT molecular complexity index is 569. The minimum absolute atomic E-state index is 0.421. The molecule has 0 heterocycles. The molecule has 19 heavy (non-hydrogen) atoms. The van der Waals surface area contributed by atoms with Crippen molar-refractivity contribution in [3.05, 3.63) is 34.9 Å². The van der Waals surface area contributed by atoms with Crippen molar-refractivity contribution in [1.82, 2.24) is 0 Å². The number of rotatable bonds is 0.